The number of ether oxygens (including phenoxy) is 2. The summed E-state index contributed by atoms with van der Waals surface area (Å²) in [5.41, 5.74) is 0. The average Bonchev–Trinajstić information content (AvgIpc) is 2.34. The number of rotatable bonds is 9. The average molecular weight is 308 g/mol. The van der Waals surface area contributed by atoms with Gasteiger partial charge in [-0.25, -0.2) is 9.59 Å². The van der Waals surface area contributed by atoms with Crippen LogP contribution in [0.25, 0.3) is 0 Å². The summed E-state index contributed by atoms with van der Waals surface area (Å²) in [6, 6.07) is 0. The lowest BCUT2D eigenvalue weighted by Crippen LogP contribution is -2.10. The van der Waals surface area contributed by atoms with E-state index in [-0.39, 0.29) is 19.3 Å². The van der Waals surface area contributed by atoms with Crippen molar-refractivity contribution < 1.29 is 32.7 Å². The van der Waals surface area contributed by atoms with E-state index in [1.807, 2.05) is 0 Å². The maximum Gasteiger partial charge on any atom is 0.367 e. The summed E-state index contributed by atoms with van der Waals surface area (Å²) in [5.74, 6) is -1.49. The molecule has 0 radical (unpaired) electrons. The van der Waals surface area contributed by atoms with Gasteiger partial charge in [-0.15, -0.1) is 0 Å². The third-order valence-electron chi connectivity index (χ3n) is 1.72. The van der Waals surface area contributed by atoms with Gasteiger partial charge >= 0.3 is 19.5 Å². The first kappa shape index (κ1) is 18.8. The SMILES string of the molecule is CCOP(=O)(COC(=O)/C=C/C(=O)OC(C)C)OCC. The molecule has 0 rings (SSSR count). The van der Waals surface area contributed by atoms with Gasteiger partial charge < -0.3 is 18.5 Å². The van der Waals surface area contributed by atoms with Crippen molar-refractivity contribution in [3.63, 3.8) is 0 Å². The minimum absolute atomic E-state index is 0.172. The maximum atomic E-state index is 12.0. The van der Waals surface area contributed by atoms with Crippen LogP contribution in [0, 0.1) is 0 Å². The van der Waals surface area contributed by atoms with Crippen LogP contribution in [0.15, 0.2) is 12.2 Å². The molecule has 0 saturated heterocycles. The van der Waals surface area contributed by atoms with Crippen LogP contribution in [0.5, 0.6) is 0 Å². The van der Waals surface area contributed by atoms with E-state index in [1.54, 1.807) is 27.7 Å². The summed E-state index contributed by atoms with van der Waals surface area (Å²) >= 11 is 0. The standard InChI is InChI=1S/C12H21O7P/c1-5-17-20(15,18-6-2)9-16-11(13)7-8-12(14)19-10(3)4/h7-8,10H,5-6,9H2,1-4H3/b8-7+. The summed E-state index contributed by atoms with van der Waals surface area (Å²) in [7, 11) is -3.44. The molecular weight excluding hydrogens is 287 g/mol. The highest BCUT2D eigenvalue weighted by atomic mass is 31.2. The normalized spacial score (nSPS) is 11.8. The molecule has 20 heavy (non-hydrogen) atoms. The van der Waals surface area contributed by atoms with E-state index in [0.717, 1.165) is 12.2 Å². The molecule has 0 aromatic rings. The van der Waals surface area contributed by atoms with E-state index < -0.39 is 25.9 Å². The van der Waals surface area contributed by atoms with Gasteiger partial charge in [-0.05, 0) is 27.7 Å². The lowest BCUT2D eigenvalue weighted by Gasteiger charge is -2.16. The zero-order chi connectivity index (χ0) is 15.6. The van der Waals surface area contributed by atoms with Gasteiger partial charge in [-0.3, -0.25) is 4.57 Å². The van der Waals surface area contributed by atoms with Crippen molar-refractivity contribution in [2.75, 3.05) is 19.6 Å². The van der Waals surface area contributed by atoms with Gasteiger partial charge in [0.25, 0.3) is 0 Å². The van der Waals surface area contributed by atoms with Crippen molar-refractivity contribution in [2.45, 2.75) is 33.8 Å². The van der Waals surface area contributed by atoms with Crippen LogP contribution in [0.4, 0.5) is 0 Å². The molecular formula is C12H21O7P. The van der Waals surface area contributed by atoms with Crippen molar-refractivity contribution in [3.05, 3.63) is 12.2 Å². The monoisotopic (exact) mass is 308 g/mol. The molecule has 7 nitrogen and oxygen atoms in total. The molecule has 0 aromatic heterocycles. The zero-order valence-corrected chi connectivity index (χ0v) is 13.1. The van der Waals surface area contributed by atoms with Crippen molar-refractivity contribution in [1.82, 2.24) is 0 Å². The van der Waals surface area contributed by atoms with Crippen LogP contribution >= 0.6 is 7.60 Å². The second-order valence-corrected chi connectivity index (χ2v) is 5.85. The quantitative estimate of drug-likeness (QED) is 0.367. The molecule has 116 valence electrons. The number of esters is 2. The number of hydrogen-bond donors (Lipinski definition) is 0. The van der Waals surface area contributed by atoms with Gasteiger partial charge in [0.15, 0.2) is 6.35 Å². The van der Waals surface area contributed by atoms with Gasteiger partial charge in [0.05, 0.1) is 19.3 Å². The zero-order valence-electron chi connectivity index (χ0n) is 12.2. The number of carbonyl (C=O) groups is 2. The molecule has 0 spiro atoms. The second-order valence-electron chi connectivity index (χ2n) is 3.86. The molecule has 0 amide bonds. The molecule has 8 heteroatoms. The number of hydrogen-bond acceptors (Lipinski definition) is 7. The van der Waals surface area contributed by atoms with E-state index >= 15 is 0 Å². The Labute approximate surface area is 118 Å². The van der Waals surface area contributed by atoms with Gasteiger partial charge in [0.2, 0.25) is 0 Å². The van der Waals surface area contributed by atoms with E-state index in [9.17, 15) is 14.2 Å². The summed E-state index contributed by atoms with van der Waals surface area (Å²) in [6.45, 7) is 7.01. The van der Waals surface area contributed by atoms with Crippen LogP contribution in [0.2, 0.25) is 0 Å². The molecule has 0 aromatic carbocycles. The maximum absolute atomic E-state index is 12.0. The first-order valence-electron chi connectivity index (χ1n) is 6.26. The predicted octanol–water partition coefficient (Wildman–Crippen LogP) is 2.26. The van der Waals surface area contributed by atoms with Crippen LogP contribution < -0.4 is 0 Å². The minimum atomic E-state index is -3.44. The van der Waals surface area contributed by atoms with Crippen LogP contribution in [-0.4, -0.2) is 37.6 Å². The van der Waals surface area contributed by atoms with Crippen LogP contribution in [0.3, 0.4) is 0 Å². The molecule has 0 heterocycles. The van der Waals surface area contributed by atoms with Gasteiger partial charge in [0, 0.05) is 12.2 Å². The Balaban J connectivity index is 4.29. The topological polar surface area (TPSA) is 88.1 Å². The van der Waals surface area contributed by atoms with E-state index in [4.69, 9.17) is 18.5 Å². The minimum Gasteiger partial charge on any atom is -0.460 e. The van der Waals surface area contributed by atoms with Gasteiger partial charge in [0.1, 0.15) is 0 Å². The Morgan fingerprint density at radius 1 is 1.05 bits per heavy atom. The highest BCUT2D eigenvalue weighted by molar-refractivity contribution is 7.53. The lowest BCUT2D eigenvalue weighted by atomic mass is 10.4. The largest absolute Gasteiger partial charge is 0.460 e. The van der Waals surface area contributed by atoms with Crippen molar-refractivity contribution in [1.29, 1.82) is 0 Å². The fourth-order valence-electron chi connectivity index (χ4n) is 1.10. The third kappa shape index (κ3) is 8.85. The van der Waals surface area contributed by atoms with Gasteiger partial charge in [-0.1, -0.05) is 0 Å². The second kappa shape index (κ2) is 9.69. The van der Waals surface area contributed by atoms with Crippen LogP contribution in [0.1, 0.15) is 27.7 Å². The van der Waals surface area contributed by atoms with Crippen molar-refractivity contribution >= 4 is 19.5 Å². The molecule has 0 aliphatic rings. The first-order valence-corrected chi connectivity index (χ1v) is 7.99. The van der Waals surface area contributed by atoms with E-state index in [0.29, 0.717) is 0 Å². The summed E-state index contributed by atoms with van der Waals surface area (Å²) in [6.07, 6.45) is 1.05. The first-order chi connectivity index (χ1) is 9.33. The molecule has 0 fully saturated rings. The smallest absolute Gasteiger partial charge is 0.367 e. The molecule has 0 atom stereocenters. The molecule has 0 saturated carbocycles. The Morgan fingerprint density at radius 2 is 1.55 bits per heavy atom. The fraction of sp³-hybridized carbons (Fsp3) is 0.667. The van der Waals surface area contributed by atoms with Crippen LogP contribution in [-0.2, 0) is 32.7 Å². The molecule has 0 aliphatic carbocycles. The summed E-state index contributed by atoms with van der Waals surface area (Å²) < 4.78 is 31.3. The highest BCUT2D eigenvalue weighted by Crippen LogP contribution is 2.47. The fourth-order valence-corrected chi connectivity index (χ4v) is 2.40. The predicted molar refractivity (Wildman–Crippen MR) is 72.2 cm³/mol. The molecule has 0 bridgehead atoms. The highest BCUT2D eigenvalue weighted by Gasteiger charge is 2.25. The molecule has 0 N–H and O–H groups in total. The van der Waals surface area contributed by atoms with Crippen molar-refractivity contribution in [2.24, 2.45) is 0 Å². The van der Waals surface area contributed by atoms with E-state index in [1.165, 1.54) is 0 Å². The van der Waals surface area contributed by atoms with Crippen molar-refractivity contribution in [3.8, 4) is 0 Å². The molecule has 0 unspecified atom stereocenters. The van der Waals surface area contributed by atoms with Gasteiger partial charge in [-0.2, -0.15) is 0 Å². The summed E-state index contributed by atoms with van der Waals surface area (Å²) in [4.78, 5) is 22.5. The Kier molecular flexibility index (Phi) is 9.12. The van der Waals surface area contributed by atoms with E-state index in [2.05, 4.69) is 0 Å². The third-order valence-corrected chi connectivity index (χ3v) is 3.47. The Bertz CT molecular complexity index is 379. The lowest BCUT2D eigenvalue weighted by molar-refractivity contribution is -0.142. The molecule has 0 aliphatic heterocycles. The Hall–Kier alpha value is -1.17. The summed E-state index contributed by atoms with van der Waals surface area (Å²) in [5, 5.41) is 0. The Morgan fingerprint density at radius 3 is 2.00 bits per heavy atom. The number of carbonyl (C=O) groups excluding carboxylic acids is 2.